The number of nitrogens with zero attached hydrogens (tertiary/aromatic N) is 2. The second-order valence-corrected chi connectivity index (χ2v) is 8.82. The molecule has 0 bridgehead atoms. The average Bonchev–Trinajstić information content (AvgIpc) is 3.37. The van der Waals surface area contributed by atoms with Crippen molar-refractivity contribution in [3.63, 3.8) is 0 Å². The predicted molar refractivity (Wildman–Crippen MR) is 132 cm³/mol. The van der Waals surface area contributed by atoms with Crippen LogP contribution >= 0.6 is 11.3 Å². The van der Waals surface area contributed by atoms with Gasteiger partial charge in [-0.3, -0.25) is 0 Å². The second-order valence-electron chi connectivity index (χ2n) is 7.88. The minimum absolute atomic E-state index is 0.350. The number of hydrogen-bond acceptors (Lipinski definition) is 5. The fourth-order valence-corrected chi connectivity index (χ4v) is 4.40. The maximum absolute atomic E-state index is 9.72. The first kappa shape index (κ1) is 23.8. The van der Waals surface area contributed by atoms with Crippen LogP contribution in [0.25, 0.3) is 21.7 Å². The molecule has 4 nitrogen and oxygen atoms in total. The molecule has 3 rings (SSSR count). The molecule has 5 heteroatoms. The van der Waals surface area contributed by atoms with E-state index >= 15 is 0 Å². The fraction of sp³-hybridized carbons (Fsp3) is 0.407. The molecule has 2 aromatic heterocycles. The molecule has 2 heterocycles. The van der Waals surface area contributed by atoms with Crippen molar-refractivity contribution in [2.45, 2.75) is 58.3 Å². The molecule has 0 fully saturated rings. The number of pyridine rings is 1. The summed E-state index contributed by atoms with van der Waals surface area (Å²) in [6.07, 6.45) is 10.3. The SMILES string of the molecule is CCCCCCCCCCOc1ccc(-c2cc(-c3cccs3)nc(OC)c2C#N)cc1. The first-order valence-electron chi connectivity index (χ1n) is 11.5. The van der Waals surface area contributed by atoms with Crippen LogP contribution in [-0.2, 0) is 0 Å². The Labute approximate surface area is 195 Å². The molecule has 168 valence electrons. The summed E-state index contributed by atoms with van der Waals surface area (Å²) in [6.45, 7) is 2.99. The van der Waals surface area contributed by atoms with Crippen LogP contribution in [0.15, 0.2) is 47.8 Å². The number of unbranched alkanes of at least 4 members (excludes halogenated alkanes) is 7. The highest BCUT2D eigenvalue weighted by atomic mass is 32.1. The summed E-state index contributed by atoms with van der Waals surface area (Å²) in [5.74, 6) is 1.21. The zero-order chi connectivity index (χ0) is 22.6. The summed E-state index contributed by atoms with van der Waals surface area (Å²) in [6, 6.07) is 16.2. The number of benzene rings is 1. The largest absolute Gasteiger partial charge is 0.494 e. The van der Waals surface area contributed by atoms with E-state index in [1.54, 1.807) is 18.4 Å². The third-order valence-electron chi connectivity index (χ3n) is 5.50. The molecule has 0 aliphatic carbocycles. The number of aromatic nitrogens is 1. The van der Waals surface area contributed by atoms with E-state index in [4.69, 9.17) is 9.47 Å². The molecule has 0 atom stereocenters. The van der Waals surface area contributed by atoms with Crippen molar-refractivity contribution in [2.24, 2.45) is 0 Å². The van der Waals surface area contributed by atoms with Crippen LogP contribution in [0.3, 0.4) is 0 Å². The molecule has 0 radical (unpaired) electrons. The Kier molecular flexibility index (Phi) is 9.59. The van der Waals surface area contributed by atoms with Crippen molar-refractivity contribution < 1.29 is 9.47 Å². The van der Waals surface area contributed by atoms with Gasteiger partial charge in [0.05, 0.1) is 24.3 Å². The molecule has 0 saturated heterocycles. The molecule has 0 unspecified atom stereocenters. The van der Waals surface area contributed by atoms with E-state index in [-0.39, 0.29) is 0 Å². The van der Waals surface area contributed by atoms with Crippen LogP contribution in [0.1, 0.15) is 63.9 Å². The van der Waals surface area contributed by atoms with Crippen molar-refractivity contribution in [1.82, 2.24) is 4.98 Å². The Morgan fingerprint density at radius 1 is 0.969 bits per heavy atom. The van der Waals surface area contributed by atoms with Crippen molar-refractivity contribution >= 4 is 11.3 Å². The van der Waals surface area contributed by atoms with Crippen molar-refractivity contribution in [2.75, 3.05) is 13.7 Å². The molecule has 0 amide bonds. The highest BCUT2D eigenvalue weighted by Crippen LogP contribution is 2.35. The van der Waals surface area contributed by atoms with Crippen molar-refractivity contribution in [3.8, 4) is 39.4 Å². The maximum Gasteiger partial charge on any atom is 0.232 e. The van der Waals surface area contributed by atoms with Gasteiger partial charge in [-0.1, -0.05) is 70.1 Å². The number of ether oxygens (including phenoxy) is 2. The number of hydrogen-bond donors (Lipinski definition) is 0. The topological polar surface area (TPSA) is 55.1 Å². The van der Waals surface area contributed by atoms with Gasteiger partial charge in [0, 0.05) is 5.56 Å². The lowest BCUT2D eigenvalue weighted by Crippen LogP contribution is -1.98. The summed E-state index contributed by atoms with van der Waals surface area (Å²) in [5, 5.41) is 11.7. The summed E-state index contributed by atoms with van der Waals surface area (Å²) >= 11 is 1.61. The van der Waals surface area contributed by atoms with E-state index in [2.05, 4.69) is 18.0 Å². The molecule has 0 spiro atoms. The Morgan fingerprint density at radius 3 is 2.31 bits per heavy atom. The van der Waals surface area contributed by atoms with Gasteiger partial charge in [-0.05, 0) is 41.6 Å². The first-order chi connectivity index (χ1) is 15.8. The van der Waals surface area contributed by atoms with E-state index in [0.29, 0.717) is 11.4 Å². The second kappa shape index (κ2) is 12.9. The summed E-state index contributed by atoms with van der Waals surface area (Å²) in [4.78, 5) is 5.58. The van der Waals surface area contributed by atoms with Gasteiger partial charge in [0.25, 0.3) is 0 Å². The van der Waals surface area contributed by atoms with Gasteiger partial charge in [0.15, 0.2) is 0 Å². The molecule has 0 saturated carbocycles. The highest BCUT2D eigenvalue weighted by Gasteiger charge is 2.16. The van der Waals surface area contributed by atoms with E-state index in [9.17, 15) is 5.26 Å². The third-order valence-corrected chi connectivity index (χ3v) is 6.39. The summed E-state index contributed by atoms with van der Waals surface area (Å²) < 4.78 is 11.3. The van der Waals surface area contributed by atoms with Crippen LogP contribution in [0.4, 0.5) is 0 Å². The lowest BCUT2D eigenvalue weighted by atomic mass is 10.00. The Bertz CT molecular complexity index is 992. The third kappa shape index (κ3) is 6.58. The van der Waals surface area contributed by atoms with Crippen LogP contribution in [-0.4, -0.2) is 18.7 Å². The number of nitriles is 1. The van der Waals surface area contributed by atoms with Gasteiger partial charge in [0.1, 0.15) is 17.4 Å². The van der Waals surface area contributed by atoms with E-state index in [1.165, 1.54) is 44.9 Å². The molecule has 32 heavy (non-hydrogen) atoms. The fourth-order valence-electron chi connectivity index (χ4n) is 3.71. The monoisotopic (exact) mass is 448 g/mol. The summed E-state index contributed by atoms with van der Waals surface area (Å²) in [7, 11) is 1.55. The van der Waals surface area contributed by atoms with Gasteiger partial charge >= 0.3 is 0 Å². The van der Waals surface area contributed by atoms with E-state index in [1.807, 2.05) is 47.8 Å². The number of methoxy groups -OCH3 is 1. The Hall–Kier alpha value is -2.84. The van der Waals surface area contributed by atoms with Gasteiger partial charge in [0.2, 0.25) is 5.88 Å². The zero-order valence-electron chi connectivity index (χ0n) is 19.1. The molecular formula is C27H32N2O2S. The Balaban J connectivity index is 1.61. The number of thiophene rings is 1. The summed E-state index contributed by atoms with van der Waals surface area (Å²) in [5.41, 5.74) is 3.01. The van der Waals surface area contributed by atoms with Crippen LogP contribution in [0.2, 0.25) is 0 Å². The van der Waals surface area contributed by atoms with Gasteiger partial charge < -0.3 is 9.47 Å². The maximum atomic E-state index is 9.72. The van der Waals surface area contributed by atoms with Gasteiger partial charge in [-0.2, -0.15) is 5.26 Å². The lowest BCUT2D eigenvalue weighted by molar-refractivity contribution is 0.304. The van der Waals surface area contributed by atoms with E-state index in [0.717, 1.165) is 40.5 Å². The van der Waals surface area contributed by atoms with Crippen molar-refractivity contribution in [1.29, 1.82) is 5.26 Å². The Morgan fingerprint density at radius 2 is 1.69 bits per heavy atom. The molecular weight excluding hydrogens is 416 g/mol. The molecule has 0 aliphatic heterocycles. The lowest BCUT2D eigenvalue weighted by Gasteiger charge is -2.12. The molecule has 3 aromatic rings. The normalized spacial score (nSPS) is 10.7. The molecule has 0 N–H and O–H groups in total. The van der Waals surface area contributed by atoms with Crippen LogP contribution < -0.4 is 9.47 Å². The van der Waals surface area contributed by atoms with Gasteiger partial charge in [-0.25, -0.2) is 4.98 Å². The van der Waals surface area contributed by atoms with Crippen molar-refractivity contribution in [3.05, 3.63) is 53.4 Å². The number of rotatable bonds is 13. The highest BCUT2D eigenvalue weighted by molar-refractivity contribution is 7.13. The smallest absolute Gasteiger partial charge is 0.232 e. The quantitative estimate of drug-likeness (QED) is 0.250. The van der Waals surface area contributed by atoms with Crippen LogP contribution in [0, 0.1) is 11.3 Å². The minimum Gasteiger partial charge on any atom is -0.494 e. The zero-order valence-corrected chi connectivity index (χ0v) is 19.9. The van der Waals surface area contributed by atoms with Gasteiger partial charge in [-0.15, -0.1) is 11.3 Å². The molecule has 1 aromatic carbocycles. The predicted octanol–water partition coefficient (Wildman–Crippen LogP) is 7.88. The minimum atomic E-state index is 0.350. The molecule has 0 aliphatic rings. The van der Waals surface area contributed by atoms with Crippen LogP contribution in [0.5, 0.6) is 11.6 Å². The standard InChI is InChI=1S/C27H32N2O2S/c1-3-4-5-6-7-8-9-10-17-31-22-15-13-21(14-16-22)23-19-25(26-12-11-18-32-26)29-27(30-2)24(23)20-28/h11-16,18-19H,3-10,17H2,1-2H3. The first-order valence-corrected chi connectivity index (χ1v) is 12.4. The average molecular weight is 449 g/mol. The van der Waals surface area contributed by atoms with E-state index < -0.39 is 0 Å².